The molecule has 2 N–H and O–H groups in total. The Balaban J connectivity index is 1.68. The van der Waals surface area contributed by atoms with Crippen molar-refractivity contribution in [2.75, 3.05) is 0 Å². The fraction of sp³-hybridized carbons (Fsp3) is 0.222. The van der Waals surface area contributed by atoms with Crippen molar-refractivity contribution in [3.8, 4) is 0 Å². The quantitative estimate of drug-likeness (QED) is 0.629. The maximum Gasteiger partial charge on any atom is 0.252 e. The molecule has 1 amide bonds. The zero-order valence-corrected chi connectivity index (χ0v) is 16.4. The van der Waals surface area contributed by atoms with Gasteiger partial charge in [-0.25, -0.2) is 18.1 Å². The minimum Gasteiger partial charge on any atom is -0.468 e. The van der Waals surface area contributed by atoms with Crippen LogP contribution in [0.5, 0.6) is 0 Å². The van der Waals surface area contributed by atoms with Crippen molar-refractivity contribution in [1.82, 2.24) is 15.0 Å². The first-order valence-electron chi connectivity index (χ1n) is 8.12. The summed E-state index contributed by atoms with van der Waals surface area (Å²) in [6.45, 7) is 3.78. The SMILES string of the molecule is CC(C)(NC(=O)c1ccc(S(=O)(=O)NCc2ccco2)cc1)c1nccs1. The van der Waals surface area contributed by atoms with Crippen LogP contribution in [0.1, 0.15) is 35.0 Å². The zero-order valence-electron chi connectivity index (χ0n) is 14.8. The molecule has 9 heteroatoms. The van der Waals surface area contributed by atoms with Crippen molar-refractivity contribution in [3.05, 3.63) is 70.6 Å². The molecule has 0 aliphatic rings. The number of furan rings is 1. The van der Waals surface area contributed by atoms with Gasteiger partial charge in [0.1, 0.15) is 10.8 Å². The second-order valence-corrected chi connectivity index (χ2v) is 9.01. The summed E-state index contributed by atoms with van der Waals surface area (Å²) < 4.78 is 32.2. The van der Waals surface area contributed by atoms with Crippen LogP contribution < -0.4 is 10.0 Å². The van der Waals surface area contributed by atoms with E-state index >= 15 is 0 Å². The molecule has 7 nitrogen and oxygen atoms in total. The van der Waals surface area contributed by atoms with Crippen molar-refractivity contribution >= 4 is 27.3 Å². The Morgan fingerprint density at radius 2 is 1.96 bits per heavy atom. The Hall–Kier alpha value is -2.49. The highest BCUT2D eigenvalue weighted by Gasteiger charge is 2.26. The number of hydrogen-bond donors (Lipinski definition) is 2. The molecule has 0 saturated heterocycles. The Bertz CT molecular complexity index is 994. The predicted molar refractivity (Wildman–Crippen MR) is 102 cm³/mol. The Kier molecular flexibility index (Phi) is 5.45. The second-order valence-electron chi connectivity index (χ2n) is 6.34. The monoisotopic (exact) mass is 405 g/mol. The predicted octanol–water partition coefficient (Wildman–Crippen LogP) is 2.88. The van der Waals surface area contributed by atoms with Gasteiger partial charge >= 0.3 is 0 Å². The molecule has 0 fully saturated rings. The lowest BCUT2D eigenvalue weighted by Gasteiger charge is -2.23. The third-order valence-electron chi connectivity index (χ3n) is 3.84. The molecule has 0 bridgehead atoms. The molecule has 0 spiro atoms. The van der Waals surface area contributed by atoms with Crippen LogP contribution in [0.25, 0.3) is 0 Å². The standard InChI is InChI=1S/C18H19N3O4S2/c1-18(2,17-19-9-11-26-17)21-16(22)13-5-7-15(8-6-13)27(23,24)20-12-14-4-3-10-25-14/h3-11,20H,12H2,1-2H3,(H,21,22). The van der Waals surface area contributed by atoms with E-state index in [1.165, 1.54) is 41.9 Å². The molecule has 27 heavy (non-hydrogen) atoms. The summed E-state index contributed by atoms with van der Waals surface area (Å²) in [6, 6.07) is 9.12. The van der Waals surface area contributed by atoms with Crippen LogP contribution in [0.2, 0.25) is 0 Å². The van der Waals surface area contributed by atoms with Gasteiger partial charge in [0.2, 0.25) is 10.0 Å². The van der Waals surface area contributed by atoms with Gasteiger partial charge in [0.05, 0.1) is 23.2 Å². The number of amides is 1. The van der Waals surface area contributed by atoms with Crippen molar-refractivity contribution in [3.63, 3.8) is 0 Å². The molecule has 142 valence electrons. The van der Waals surface area contributed by atoms with Gasteiger partial charge in [-0.15, -0.1) is 11.3 Å². The minimum atomic E-state index is -3.70. The number of carbonyl (C=O) groups is 1. The highest BCUT2D eigenvalue weighted by Crippen LogP contribution is 2.22. The average Bonchev–Trinajstić information content (AvgIpc) is 3.33. The molecule has 1 aromatic carbocycles. The number of benzene rings is 1. The van der Waals surface area contributed by atoms with Gasteiger partial charge in [0.25, 0.3) is 5.91 Å². The van der Waals surface area contributed by atoms with Gasteiger partial charge in [0.15, 0.2) is 0 Å². The first-order chi connectivity index (χ1) is 12.8. The molecule has 0 unspecified atom stereocenters. The topological polar surface area (TPSA) is 101 Å². The van der Waals surface area contributed by atoms with E-state index < -0.39 is 15.6 Å². The van der Waals surface area contributed by atoms with Crippen LogP contribution in [0.15, 0.2) is 63.6 Å². The number of sulfonamides is 1. The van der Waals surface area contributed by atoms with Crippen LogP contribution in [0.3, 0.4) is 0 Å². The number of nitrogens with one attached hydrogen (secondary N) is 2. The molecule has 2 aromatic heterocycles. The molecule has 0 aliphatic carbocycles. The lowest BCUT2D eigenvalue weighted by Crippen LogP contribution is -2.40. The summed E-state index contributed by atoms with van der Waals surface area (Å²) in [5.74, 6) is 0.210. The maximum atomic E-state index is 12.5. The second kappa shape index (κ2) is 7.63. The highest BCUT2D eigenvalue weighted by atomic mass is 32.2. The summed E-state index contributed by atoms with van der Waals surface area (Å²) in [5, 5.41) is 5.54. The number of thiazole rings is 1. The number of aromatic nitrogens is 1. The van der Waals surface area contributed by atoms with Crippen LogP contribution in [-0.2, 0) is 22.1 Å². The normalized spacial score (nSPS) is 12.1. The molecule has 0 atom stereocenters. The first kappa shape index (κ1) is 19.3. The lowest BCUT2D eigenvalue weighted by atomic mass is 10.1. The van der Waals surface area contributed by atoms with E-state index in [2.05, 4.69) is 15.0 Å². The molecule has 0 aliphatic heterocycles. The molecule has 0 saturated carbocycles. The van der Waals surface area contributed by atoms with Crippen molar-refractivity contribution < 1.29 is 17.6 Å². The van der Waals surface area contributed by atoms with Crippen LogP contribution in [0.4, 0.5) is 0 Å². The van der Waals surface area contributed by atoms with E-state index in [4.69, 9.17) is 4.42 Å². The largest absolute Gasteiger partial charge is 0.468 e. The van der Waals surface area contributed by atoms with Gasteiger partial charge in [-0.05, 0) is 50.2 Å². The molecule has 0 radical (unpaired) electrons. The number of nitrogens with zero attached hydrogens (tertiary/aromatic N) is 1. The number of hydrogen-bond acceptors (Lipinski definition) is 6. The fourth-order valence-electron chi connectivity index (χ4n) is 2.39. The van der Waals surface area contributed by atoms with Crippen LogP contribution in [-0.4, -0.2) is 19.3 Å². The van der Waals surface area contributed by atoms with Gasteiger partial charge in [0, 0.05) is 17.1 Å². The molecule has 3 aromatic rings. The summed E-state index contributed by atoms with van der Waals surface area (Å²) in [7, 11) is -3.70. The van der Waals surface area contributed by atoms with Gasteiger partial charge in [-0.3, -0.25) is 4.79 Å². The van der Waals surface area contributed by atoms with Crippen molar-refractivity contribution in [2.45, 2.75) is 30.8 Å². The van der Waals surface area contributed by atoms with E-state index in [1.807, 2.05) is 19.2 Å². The Morgan fingerprint density at radius 1 is 1.22 bits per heavy atom. The minimum absolute atomic E-state index is 0.0551. The summed E-state index contributed by atoms with van der Waals surface area (Å²) in [4.78, 5) is 16.8. The van der Waals surface area contributed by atoms with E-state index in [1.54, 1.807) is 18.3 Å². The van der Waals surface area contributed by atoms with Crippen LogP contribution >= 0.6 is 11.3 Å². The smallest absolute Gasteiger partial charge is 0.252 e. The van der Waals surface area contributed by atoms with Crippen molar-refractivity contribution in [2.24, 2.45) is 0 Å². The van der Waals surface area contributed by atoms with Gasteiger partial charge in [-0.2, -0.15) is 0 Å². The number of rotatable bonds is 7. The average molecular weight is 406 g/mol. The maximum absolute atomic E-state index is 12.5. The Morgan fingerprint density at radius 3 is 2.56 bits per heavy atom. The van der Waals surface area contributed by atoms with Gasteiger partial charge < -0.3 is 9.73 Å². The fourth-order valence-corrected chi connectivity index (χ4v) is 4.10. The molecule has 3 rings (SSSR count). The van der Waals surface area contributed by atoms with E-state index in [-0.39, 0.29) is 17.3 Å². The summed E-state index contributed by atoms with van der Waals surface area (Å²) in [5.41, 5.74) is -0.259. The van der Waals surface area contributed by atoms with Crippen LogP contribution in [0, 0.1) is 0 Å². The van der Waals surface area contributed by atoms with E-state index in [0.717, 1.165) is 5.01 Å². The number of carbonyl (C=O) groups excluding carboxylic acids is 1. The Labute approximate surface area is 161 Å². The first-order valence-corrected chi connectivity index (χ1v) is 10.5. The molecular weight excluding hydrogens is 386 g/mol. The van der Waals surface area contributed by atoms with E-state index in [0.29, 0.717) is 11.3 Å². The van der Waals surface area contributed by atoms with Crippen molar-refractivity contribution in [1.29, 1.82) is 0 Å². The van der Waals surface area contributed by atoms with Gasteiger partial charge in [-0.1, -0.05) is 0 Å². The van der Waals surface area contributed by atoms with E-state index in [9.17, 15) is 13.2 Å². The summed E-state index contributed by atoms with van der Waals surface area (Å²) >= 11 is 1.46. The third kappa shape index (κ3) is 4.62. The zero-order chi connectivity index (χ0) is 19.5. The summed E-state index contributed by atoms with van der Waals surface area (Å²) in [6.07, 6.45) is 3.16. The third-order valence-corrected chi connectivity index (χ3v) is 6.35. The highest BCUT2D eigenvalue weighted by molar-refractivity contribution is 7.89. The molecular formula is C18H19N3O4S2. The lowest BCUT2D eigenvalue weighted by molar-refractivity contribution is 0.0912. The molecule has 2 heterocycles.